The first-order chi connectivity index (χ1) is 21.6. The van der Waals surface area contributed by atoms with Crippen LogP contribution in [0.3, 0.4) is 0 Å². The second kappa shape index (κ2) is 16.9. The third-order valence-corrected chi connectivity index (χ3v) is 8.63. The molecule has 3 heterocycles. The molecule has 47 heavy (non-hydrogen) atoms. The van der Waals surface area contributed by atoms with Gasteiger partial charge in [-0.15, -0.1) is 11.3 Å². The summed E-state index contributed by atoms with van der Waals surface area (Å²) in [5, 5.41) is 4.84. The number of rotatable bonds is 2. The van der Waals surface area contributed by atoms with E-state index in [2.05, 4.69) is 122 Å². The fourth-order valence-electron chi connectivity index (χ4n) is 5.14. The molecule has 0 fully saturated rings. The predicted octanol–water partition coefficient (Wildman–Crippen LogP) is 12.9. The maximum absolute atomic E-state index is 4.70. The summed E-state index contributed by atoms with van der Waals surface area (Å²) in [5.74, 6) is 0. The molecule has 3 nitrogen and oxygen atoms in total. The van der Waals surface area contributed by atoms with Crippen molar-refractivity contribution in [2.45, 2.75) is 43.1 Å². The standard InChI is InChI=1S/C16H13N.C14H11NS.C10H9N.3CH4/c1-12-6-5-9-16-15(12)10-14(11-17-16)13-7-3-2-4-8-13;1-10-6-5-9-12-13(10)15-14(16-12)11-7-3-2-4-8-11;1-8-6-11-7-9-4-2-3-5-10(8)9;;;/h2-11H,1H3;2-9H,1H3;2-7H,1H3;3*1H4. The molecule has 0 radical (unpaired) electrons. The Kier molecular flexibility index (Phi) is 13.1. The number of benzene rings is 5. The molecule has 0 N–H and O–H groups in total. The molecule has 4 heteroatoms. The number of hydrogen-bond acceptors (Lipinski definition) is 4. The summed E-state index contributed by atoms with van der Waals surface area (Å²) in [6, 6.07) is 43.7. The zero-order valence-electron chi connectivity index (χ0n) is 25.1. The monoisotopic (exact) mass is 635 g/mol. The zero-order valence-corrected chi connectivity index (χ0v) is 25.9. The number of pyridine rings is 2. The molecular formula is C43H45N3S. The highest BCUT2D eigenvalue weighted by Crippen LogP contribution is 2.31. The number of para-hydroxylation sites is 1. The van der Waals surface area contributed by atoms with Crippen molar-refractivity contribution in [2.75, 3.05) is 0 Å². The Bertz CT molecular complexity index is 2150. The fraction of sp³-hybridized carbons (Fsp3) is 0.140. The van der Waals surface area contributed by atoms with E-state index in [-0.39, 0.29) is 22.3 Å². The Balaban J connectivity index is 0.000000190. The Morgan fingerprint density at radius 1 is 0.489 bits per heavy atom. The van der Waals surface area contributed by atoms with Crippen LogP contribution in [0.15, 0.2) is 146 Å². The van der Waals surface area contributed by atoms with Crippen molar-refractivity contribution >= 4 is 43.2 Å². The molecule has 0 amide bonds. The van der Waals surface area contributed by atoms with E-state index in [4.69, 9.17) is 4.98 Å². The van der Waals surface area contributed by atoms with Crippen LogP contribution < -0.4 is 0 Å². The van der Waals surface area contributed by atoms with Crippen molar-refractivity contribution in [1.82, 2.24) is 15.0 Å². The number of aryl methyl sites for hydroxylation is 3. The van der Waals surface area contributed by atoms with Gasteiger partial charge in [-0.2, -0.15) is 0 Å². The number of hydrogen-bond donors (Lipinski definition) is 0. The van der Waals surface area contributed by atoms with Crippen molar-refractivity contribution in [1.29, 1.82) is 0 Å². The van der Waals surface area contributed by atoms with Gasteiger partial charge >= 0.3 is 0 Å². The lowest BCUT2D eigenvalue weighted by Crippen LogP contribution is -1.85. The summed E-state index contributed by atoms with van der Waals surface area (Å²) in [6.07, 6.45) is 5.72. The van der Waals surface area contributed by atoms with E-state index in [1.54, 1.807) is 11.3 Å². The highest BCUT2D eigenvalue weighted by molar-refractivity contribution is 7.21. The summed E-state index contributed by atoms with van der Waals surface area (Å²) < 4.78 is 1.26. The van der Waals surface area contributed by atoms with E-state index >= 15 is 0 Å². The average Bonchev–Trinajstić information content (AvgIpc) is 3.53. The smallest absolute Gasteiger partial charge is 0.124 e. The molecular weight excluding hydrogens is 591 g/mol. The first-order valence-electron chi connectivity index (χ1n) is 14.7. The van der Waals surface area contributed by atoms with Crippen molar-refractivity contribution in [3.8, 4) is 21.7 Å². The Hall–Kier alpha value is -5.19. The van der Waals surface area contributed by atoms with Crippen LogP contribution in [0, 0.1) is 20.8 Å². The molecule has 8 rings (SSSR count). The van der Waals surface area contributed by atoms with Crippen LogP contribution in [0.2, 0.25) is 0 Å². The summed E-state index contributed by atoms with van der Waals surface area (Å²) in [6.45, 7) is 6.31. The van der Waals surface area contributed by atoms with Crippen molar-refractivity contribution in [2.24, 2.45) is 0 Å². The zero-order chi connectivity index (χ0) is 30.3. The van der Waals surface area contributed by atoms with Gasteiger partial charge in [-0.3, -0.25) is 9.97 Å². The van der Waals surface area contributed by atoms with E-state index in [0.29, 0.717) is 0 Å². The Morgan fingerprint density at radius 2 is 1.13 bits per heavy atom. The van der Waals surface area contributed by atoms with Crippen LogP contribution in [0.5, 0.6) is 0 Å². The largest absolute Gasteiger partial charge is 0.264 e. The van der Waals surface area contributed by atoms with Gasteiger partial charge in [-0.05, 0) is 66.6 Å². The predicted molar refractivity (Wildman–Crippen MR) is 208 cm³/mol. The van der Waals surface area contributed by atoms with Gasteiger partial charge in [-0.25, -0.2) is 4.98 Å². The molecule has 0 atom stereocenters. The van der Waals surface area contributed by atoms with Crippen LogP contribution in [0.1, 0.15) is 39.0 Å². The van der Waals surface area contributed by atoms with Crippen molar-refractivity contribution < 1.29 is 0 Å². The summed E-state index contributed by atoms with van der Waals surface area (Å²) >= 11 is 1.75. The molecule has 0 spiro atoms. The molecule has 238 valence electrons. The molecule has 0 saturated heterocycles. The van der Waals surface area contributed by atoms with E-state index in [1.807, 2.05) is 55.0 Å². The van der Waals surface area contributed by atoms with Crippen molar-refractivity contribution in [3.05, 3.63) is 163 Å². The maximum atomic E-state index is 4.70. The van der Waals surface area contributed by atoms with Crippen LogP contribution in [-0.2, 0) is 0 Å². The van der Waals surface area contributed by atoms with Gasteiger partial charge in [0.1, 0.15) is 5.01 Å². The molecule has 3 aromatic heterocycles. The number of nitrogens with zero attached hydrogens (tertiary/aromatic N) is 3. The first-order valence-corrected chi connectivity index (χ1v) is 15.5. The third kappa shape index (κ3) is 8.55. The molecule has 0 aliphatic carbocycles. The van der Waals surface area contributed by atoms with Crippen molar-refractivity contribution in [3.63, 3.8) is 0 Å². The van der Waals surface area contributed by atoms with Gasteiger partial charge in [0.25, 0.3) is 0 Å². The quantitative estimate of drug-likeness (QED) is 0.190. The summed E-state index contributed by atoms with van der Waals surface area (Å²) in [7, 11) is 0. The lowest BCUT2D eigenvalue weighted by atomic mass is 10.0. The van der Waals surface area contributed by atoms with E-state index in [1.165, 1.54) is 54.2 Å². The fourth-order valence-corrected chi connectivity index (χ4v) is 6.19. The third-order valence-electron chi connectivity index (χ3n) is 7.56. The molecule has 0 aliphatic heterocycles. The minimum Gasteiger partial charge on any atom is -0.264 e. The first kappa shape index (κ1) is 36.3. The van der Waals surface area contributed by atoms with E-state index in [9.17, 15) is 0 Å². The molecule has 0 saturated carbocycles. The molecule has 8 aromatic rings. The molecule has 0 unspecified atom stereocenters. The number of aromatic nitrogens is 3. The lowest BCUT2D eigenvalue weighted by Gasteiger charge is -2.05. The highest BCUT2D eigenvalue weighted by atomic mass is 32.1. The lowest BCUT2D eigenvalue weighted by molar-refractivity contribution is 1.31. The van der Waals surface area contributed by atoms with Gasteiger partial charge in [0.05, 0.1) is 15.7 Å². The van der Waals surface area contributed by atoms with Crippen LogP contribution in [0.25, 0.3) is 53.6 Å². The second-order valence-electron chi connectivity index (χ2n) is 10.7. The van der Waals surface area contributed by atoms with Crippen LogP contribution >= 0.6 is 11.3 Å². The highest BCUT2D eigenvalue weighted by Gasteiger charge is 2.07. The summed E-state index contributed by atoms with van der Waals surface area (Å²) in [5.41, 5.74) is 9.53. The van der Waals surface area contributed by atoms with Gasteiger partial charge < -0.3 is 0 Å². The van der Waals surface area contributed by atoms with Gasteiger partial charge in [0.2, 0.25) is 0 Å². The van der Waals surface area contributed by atoms with E-state index in [0.717, 1.165) is 16.0 Å². The van der Waals surface area contributed by atoms with Gasteiger partial charge in [-0.1, -0.05) is 131 Å². The molecule has 0 bridgehead atoms. The second-order valence-corrected chi connectivity index (χ2v) is 11.7. The maximum Gasteiger partial charge on any atom is 0.124 e. The number of thiazole rings is 1. The minimum atomic E-state index is 0. The SMILES string of the molecule is C.C.C.Cc1cccc2ncc(-c3ccccc3)cc12.Cc1cccc2sc(-c3ccccc3)nc12.Cc1cncc2ccccc12. The molecule has 5 aromatic carbocycles. The van der Waals surface area contributed by atoms with Gasteiger partial charge in [0, 0.05) is 40.5 Å². The summed E-state index contributed by atoms with van der Waals surface area (Å²) in [4.78, 5) is 13.3. The minimum absolute atomic E-state index is 0. The van der Waals surface area contributed by atoms with Gasteiger partial charge in [0.15, 0.2) is 0 Å². The average molecular weight is 636 g/mol. The normalized spacial score (nSPS) is 9.94. The van der Waals surface area contributed by atoms with Crippen LogP contribution in [-0.4, -0.2) is 15.0 Å². The van der Waals surface area contributed by atoms with E-state index < -0.39 is 0 Å². The number of fused-ring (bicyclic) bond motifs is 3. The topological polar surface area (TPSA) is 38.7 Å². The molecule has 0 aliphatic rings. The Morgan fingerprint density at radius 3 is 1.83 bits per heavy atom. The van der Waals surface area contributed by atoms with Crippen LogP contribution in [0.4, 0.5) is 0 Å². The Labute approximate surface area is 284 Å².